The summed E-state index contributed by atoms with van der Waals surface area (Å²) < 4.78 is 5.69. The molecule has 1 atom stereocenters. The van der Waals surface area contributed by atoms with E-state index in [4.69, 9.17) is 4.74 Å². The van der Waals surface area contributed by atoms with E-state index < -0.39 is 5.54 Å². The molecular formula is C16H20N2O3S. The Morgan fingerprint density at radius 2 is 2.27 bits per heavy atom. The van der Waals surface area contributed by atoms with Crippen LogP contribution in [0.1, 0.15) is 37.0 Å². The van der Waals surface area contributed by atoms with Gasteiger partial charge >= 0.3 is 0 Å². The maximum atomic E-state index is 12.5. The Labute approximate surface area is 134 Å². The van der Waals surface area contributed by atoms with Crippen molar-refractivity contribution < 1.29 is 14.3 Å². The second-order valence-electron chi connectivity index (χ2n) is 6.23. The van der Waals surface area contributed by atoms with Crippen molar-refractivity contribution in [1.29, 1.82) is 0 Å². The van der Waals surface area contributed by atoms with E-state index in [0.29, 0.717) is 11.3 Å². The molecule has 2 amide bonds. The molecule has 1 aromatic carbocycles. The Morgan fingerprint density at radius 1 is 1.45 bits per heavy atom. The highest BCUT2D eigenvalue weighted by Crippen LogP contribution is 2.32. The average molecular weight is 320 g/mol. The molecule has 0 spiro atoms. The van der Waals surface area contributed by atoms with Crippen LogP contribution >= 0.6 is 11.8 Å². The van der Waals surface area contributed by atoms with Gasteiger partial charge in [0.05, 0.1) is 23.1 Å². The predicted molar refractivity (Wildman–Crippen MR) is 86.3 cm³/mol. The zero-order chi connectivity index (χ0) is 15.7. The number of fused-ring (bicyclic) bond motifs is 1. The molecule has 5 nitrogen and oxygen atoms in total. The van der Waals surface area contributed by atoms with Gasteiger partial charge in [0.2, 0.25) is 5.91 Å². The van der Waals surface area contributed by atoms with Crippen LogP contribution in [-0.2, 0) is 9.53 Å². The Bertz CT molecular complexity index is 609. The highest BCUT2D eigenvalue weighted by molar-refractivity contribution is 8.00. The summed E-state index contributed by atoms with van der Waals surface area (Å²) in [5, 5.41) is 5.88. The SMILES string of the molecule is CC(C)(NC(=O)c1ccc2c(c1)SCC(=O)N2)C1CCCO1. The first-order valence-electron chi connectivity index (χ1n) is 7.46. The van der Waals surface area contributed by atoms with Crippen LogP contribution < -0.4 is 10.6 Å². The van der Waals surface area contributed by atoms with Gasteiger partial charge in [-0.15, -0.1) is 11.8 Å². The van der Waals surface area contributed by atoms with Gasteiger partial charge in [0.15, 0.2) is 0 Å². The molecule has 0 aliphatic carbocycles. The number of hydrogen-bond acceptors (Lipinski definition) is 4. The van der Waals surface area contributed by atoms with Crippen molar-refractivity contribution in [3.8, 4) is 0 Å². The van der Waals surface area contributed by atoms with Gasteiger partial charge in [-0.3, -0.25) is 9.59 Å². The Balaban J connectivity index is 1.73. The Kier molecular flexibility index (Phi) is 4.14. The average Bonchev–Trinajstić information content (AvgIpc) is 3.01. The number of rotatable bonds is 3. The van der Waals surface area contributed by atoms with Gasteiger partial charge in [0, 0.05) is 17.1 Å². The Morgan fingerprint density at radius 3 is 3.00 bits per heavy atom. The van der Waals surface area contributed by atoms with Gasteiger partial charge in [-0.25, -0.2) is 0 Å². The number of carbonyl (C=O) groups is 2. The molecule has 0 bridgehead atoms. The molecule has 0 saturated carbocycles. The zero-order valence-electron chi connectivity index (χ0n) is 12.8. The van der Waals surface area contributed by atoms with Crippen LogP contribution in [0.15, 0.2) is 23.1 Å². The van der Waals surface area contributed by atoms with E-state index in [1.165, 1.54) is 11.8 Å². The van der Waals surface area contributed by atoms with E-state index >= 15 is 0 Å². The normalized spacial score (nSPS) is 21.2. The Hall–Kier alpha value is -1.53. The number of anilines is 1. The van der Waals surface area contributed by atoms with E-state index in [1.54, 1.807) is 12.1 Å². The third-order valence-electron chi connectivity index (χ3n) is 4.05. The summed E-state index contributed by atoms with van der Waals surface area (Å²) in [6, 6.07) is 5.36. The van der Waals surface area contributed by atoms with Crippen molar-refractivity contribution in [3.63, 3.8) is 0 Å². The van der Waals surface area contributed by atoms with Crippen molar-refractivity contribution in [2.75, 3.05) is 17.7 Å². The lowest BCUT2D eigenvalue weighted by Gasteiger charge is -2.32. The summed E-state index contributed by atoms with van der Waals surface area (Å²) in [6.07, 6.45) is 2.07. The molecule has 2 N–H and O–H groups in total. The molecule has 0 radical (unpaired) electrons. The minimum Gasteiger partial charge on any atom is -0.376 e. The molecule has 3 rings (SSSR count). The second kappa shape index (κ2) is 5.93. The standard InChI is InChI=1S/C16H20N2O3S/c1-16(2,13-4-3-7-21-13)18-15(20)10-5-6-11-12(8-10)22-9-14(19)17-11/h5-6,8,13H,3-4,7,9H2,1-2H3,(H,17,19)(H,18,20). The van der Waals surface area contributed by atoms with Crippen LogP contribution in [-0.4, -0.2) is 35.8 Å². The lowest BCUT2D eigenvalue weighted by atomic mass is 9.94. The smallest absolute Gasteiger partial charge is 0.251 e. The van der Waals surface area contributed by atoms with Crippen LogP contribution in [0.25, 0.3) is 0 Å². The quantitative estimate of drug-likeness (QED) is 0.897. The van der Waals surface area contributed by atoms with Crippen LogP contribution in [0.2, 0.25) is 0 Å². The topological polar surface area (TPSA) is 67.4 Å². The molecule has 0 aromatic heterocycles. The lowest BCUT2D eigenvalue weighted by molar-refractivity contribution is -0.113. The number of thioether (sulfide) groups is 1. The lowest BCUT2D eigenvalue weighted by Crippen LogP contribution is -2.51. The first kappa shape index (κ1) is 15.4. The molecule has 1 fully saturated rings. The van der Waals surface area contributed by atoms with E-state index in [-0.39, 0.29) is 17.9 Å². The molecule has 2 heterocycles. The fraction of sp³-hybridized carbons (Fsp3) is 0.500. The van der Waals surface area contributed by atoms with Gasteiger partial charge in [-0.05, 0) is 44.9 Å². The van der Waals surface area contributed by atoms with E-state index in [1.807, 2.05) is 19.9 Å². The maximum Gasteiger partial charge on any atom is 0.251 e. The summed E-state index contributed by atoms with van der Waals surface area (Å²) >= 11 is 1.45. The summed E-state index contributed by atoms with van der Waals surface area (Å²) in [5.74, 6) is 0.273. The van der Waals surface area contributed by atoms with Crippen LogP contribution in [0, 0.1) is 0 Å². The molecule has 6 heteroatoms. The molecule has 1 saturated heterocycles. The van der Waals surface area contributed by atoms with Crippen LogP contribution in [0.4, 0.5) is 5.69 Å². The summed E-state index contributed by atoms with van der Waals surface area (Å²) in [7, 11) is 0. The minimum absolute atomic E-state index is 0.00535. The largest absolute Gasteiger partial charge is 0.376 e. The summed E-state index contributed by atoms with van der Waals surface area (Å²) in [6.45, 7) is 4.75. The van der Waals surface area contributed by atoms with E-state index in [2.05, 4.69) is 10.6 Å². The highest BCUT2D eigenvalue weighted by Gasteiger charge is 2.34. The van der Waals surface area contributed by atoms with Crippen LogP contribution in [0.3, 0.4) is 0 Å². The third-order valence-corrected chi connectivity index (χ3v) is 5.10. The minimum atomic E-state index is -0.398. The molecule has 2 aliphatic heterocycles. The van der Waals surface area contributed by atoms with Gasteiger partial charge in [-0.1, -0.05) is 0 Å². The fourth-order valence-electron chi connectivity index (χ4n) is 2.81. The van der Waals surface area contributed by atoms with Crippen LogP contribution in [0.5, 0.6) is 0 Å². The van der Waals surface area contributed by atoms with Gasteiger partial charge in [0.25, 0.3) is 5.91 Å². The number of benzene rings is 1. The number of nitrogens with one attached hydrogen (secondary N) is 2. The molecule has 1 aromatic rings. The third kappa shape index (κ3) is 3.13. The van der Waals surface area contributed by atoms with Crippen molar-refractivity contribution in [3.05, 3.63) is 23.8 Å². The molecule has 22 heavy (non-hydrogen) atoms. The molecule has 1 unspecified atom stereocenters. The summed E-state index contributed by atoms with van der Waals surface area (Å²) in [4.78, 5) is 24.8. The van der Waals surface area contributed by atoms with Gasteiger partial charge < -0.3 is 15.4 Å². The van der Waals surface area contributed by atoms with E-state index in [0.717, 1.165) is 30.0 Å². The van der Waals surface area contributed by atoms with Crippen molar-refractivity contribution in [2.24, 2.45) is 0 Å². The summed E-state index contributed by atoms with van der Waals surface area (Å²) in [5.41, 5.74) is 0.981. The number of carbonyl (C=O) groups excluding carboxylic acids is 2. The van der Waals surface area contributed by atoms with Crippen molar-refractivity contribution >= 4 is 29.3 Å². The van der Waals surface area contributed by atoms with E-state index in [9.17, 15) is 9.59 Å². The predicted octanol–water partition coefficient (Wildman–Crippen LogP) is 2.42. The molecular weight excluding hydrogens is 300 g/mol. The maximum absolute atomic E-state index is 12.5. The zero-order valence-corrected chi connectivity index (χ0v) is 13.6. The molecule has 118 valence electrons. The highest BCUT2D eigenvalue weighted by atomic mass is 32.2. The number of amides is 2. The monoisotopic (exact) mass is 320 g/mol. The second-order valence-corrected chi connectivity index (χ2v) is 7.24. The van der Waals surface area contributed by atoms with Crippen molar-refractivity contribution in [1.82, 2.24) is 5.32 Å². The first-order chi connectivity index (χ1) is 10.5. The van der Waals surface area contributed by atoms with Gasteiger partial charge in [0.1, 0.15) is 0 Å². The number of hydrogen-bond donors (Lipinski definition) is 2. The first-order valence-corrected chi connectivity index (χ1v) is 8.45. The van der Waals surface area contributed by atoms with Gasteiger partial charge in [-0.2, -0.15) is 0 Å². The number of ether oxygens (including phenoxy) is 1. The fourth-order valence-corrected chi connectivity index (χ4v) is 3.65. The molecule has 2 aliphatic rings. The van der Waals surface area contributed by atoms with Crippen molar-refractivity contribution in [2.45, 2.75) is 43.2 Å².